The number of carbonyl (C=O) groups is 1. The number of hydrogen-bond donors (Lipinski definition) is 1. The van der Waals surface area contributed by atoms with E-state index in [9.17, 15) is 13.2 Å². The smallest absolute Gasteiger partial charge is 0.254 e. The van der Waals surface area contributed by atoms with Crippen LogP contribution in [0.3, 0.4) is 0 Å². The number of benzene rings is 1. The monoisotopic (exact) mass is 417 g/mol. The maximum atomic E-state index is 12.7. The highest BCUT2D eigenvalue weighted by atomic mass is 35.5. The Hall–Kier alpha value is -1.35. The molecule has 0 atom stereocenters. The number of nitrogens with one attached hydrogen (secondary N) is 1. The van der Waals surface area contributed by atoms with E-state index in [1.54, 1.807) is 6.07 Å². The molecule has 152 valence electrons. The molecule has 27 heavy (non-hydrogen) atoms. The van der Waals surface area contributed by atoms with Gasteiger partial charge < -0.3 is 15.0 Å². The molecule has 1 aromatic carbocycles. The van der Waals surface area contributed by atoms with Gasteiger partial charge in [-0.3, -0.25) is 4.79 Å². The van der Waals surface area contributed by atoms with Crippen molar-refractivity contribution in [3.8, 4) is 5.75 Å². The first-order valence-electron chi connectivity index (χ1n) is 9.15. The highest BCUT2D eigenvalue weighted by molar-refractivity contribution is 7.88. The first kappa shape index (κ1) is 21.9. The Morgan fingerprint density at radius 3 is 2.59 bits per heavy atom. The Morgan fingerprint density at radius 1 is 1.15 bits per heavy atom. The lowest BCUT2D eigenvalue weighted by Gasteiger charge is -2.30. The van der Waals surface area contributed by atoms with Crippen molar-refractivity contribution in [2.24, 2.45) is 0 Å². The number of nitrogens with zero attached hydrogens (tertiary/aromatic N) is 2. The van der Waals surface area contributed by atoms with Crippen LogP contribution >= 0.6 is 12.4 Å². The van der Waals surface area contributed by atoms with E-state index in [1.165, 1.54) is 10.6 Å². The van der Waals surface area contributed by atoms with Gasteiger partial charge in [0.1, 0.15) is 11.9 Å². The number of hydrogen-bond acceptors (Lipinski definition) is 5. The van der Waals surface area contributed by atoms with Crippen molar-refractivity contribution >= 4 is 28.3 Å². The molecule has 2 aliphatic rings. The molecule has 0 aromatic heterocycles. The third-order valence-electron chi connectivity index (χ3n) is 4.88. The van der Waals surface area contributed by atoms with Crippen molar-refractivity contribution in [1.82, 2.24) is 14.5 Å². The molecule has 2 fully saturated rings. The predicted octanol–water partition coefficient (Wildman–Crippen LogP) is 1.35. The fourth-order valence-corrected chi connectivity index (χ4v) is 4.28. The zero-order chi connectivity index (χ0) is 18.6. The number of rotatable bonds is 4. The van der Waals surface area contributed by atoms with Crippen molar-refractivity contribution in [2.75, 3.05) is 45.5 Å². The van der Waals surface area contributed by atoms with Crippen LogP contribution in [-0.4, -0.2) is 75.2 Å². The van der Waals surface area contributed by atoms with Crippen molar-refractivity contribution in [1.29, 1.82) is 0 Å². The molecule has 3 rings (SSSR count). The Bertz CT molecular complexity index is 728. The first-order valence-corrected chi connectivity index (χ1v) is 11.0. The Morgan fingerprint density at radius 2 is 1.89 bits per heavy atom. The summed E-state index contributed by atoms with van der Waals surface area (Å²) in [5.74, 6) is 0.702. The first-order chi connectivity index (χ1) is 12.4. The molecule has 9 heteroatoms. The van der Waals surface area contributed by atoms with Gasteiger partial charge in [-0.05, 0) is 44.0 Å². The van der Waals surface area contributed by atoms with Gasteiger partial charge in [-0.25, -0.2) is 12.7 Å². The third-order valence-corrected chi connectivity index (χ3v) is 6.18. The Kier molecular flexibility index (Phi) is 7.91. The van der Waals surface area contributed by atoms with Crippen LogP contribution in [0.4, 0.5) is 0 Å². The van der Waals surface area contributed by atoms with Crippen molar-refractivity contribution in [3.05, 3.63) is 29.8 Å². The second-order valence-electron chi connectivity index (χ2n) is 6.90. The molecule has 1 amide bonds. The average Bonchev–Trinajstić information content (AvgIpc) is 2.90. The summed E-state index contributed by atoms with van der Waals surface area (Å²) >= 11 is 0. The summed E-state index contributed by atoms with van der Waals surface area (Å²) in [6.45, 7) is 4.19. The van der Waals surface area contributed by atoms with E-state index in [0.717, 1.165) is 26.1 Å². The molecule has 1 aromatic rings. The van der Waals surface area contributed by atoms with Crippen LogP contribution in [0.5, 0.6) is 5.75 Å². The molecule has 0 saturated carbocycles. The lowest BCUT2D eigenvalue weighted by atomic mass is 10.1. The number of halogens is 1. The van der Waals surface area contributed by atoms with Crippen LogP contribution in [0.1, 0.15) is 29.6 Å². The quantitative estimate of drug-likeness (QED) is 0.799. The number of ether oxygens (including phenoxy) is 1. The minimum absolute atomic E-state index is 0. The summed E-state index contributed by atoms with van der Waals surface area (Å²) in [6, 6.07) is 7.30. The maximum Gasteiger partial charge on any atom is 0.254 e. The van der Waals surface area contributed by atoms with Crippen LogP contribution in [0.15, 0.2) is 24.3 Å². The maximum absolute atomic E-state index is 12.7. The van der Waals surface area contributed by atoms with Crippen LogP contribution in [0.2, 0.25) is 0 Å². The van der Waals surface area contributed by atoms with Crippen LogP contribution in [-0.2, 0) is 10.0 Å². The summed E-state index contributed by atoms with van der Waals surface area (Å²) in [6.07, 6.45) is 3.48. The zero-order valence-electron chi connectivity index (χ0n) is 15.6. The molecule has 0 aliphatic carbocycles. The largest absolute Gasteiger partial charge is 0.490 e. The van der Waals surface area contributed by atoms with E-state index >= 15 is 0 Å². The Labute approximate surface area is 167 Å². The second-order valence-corrected chi connectivity index (χ2v) is 8.89. The van der Waals surface area contributed by atoms with Gasteiger partial charge in [0.2, 0.25) is 10.0 Å². The van der Waals surface area contributed by atoms with Gasteiger partial charge >= 0.3 is 0 Å². The molecule has 0 bridgehead atoms. The third kappa shape index (κ3) is 6.07. The predicted molar refractivity (Wildman–Crippen MR) is 107 cm³/mol. The summed E-state index contributed by atoms with van der Waals surface area (Å²) < 4.78 is 30.7. The summed E-state index contributed by atoms with van der Waals surface area (Å²) in [5.41, 5.74) is 0.637. The number of carbonyl (C=O) groups excluding carboxylic acids is 1. The molecule has 1 N–H and O–H groups in total. The van der Waals surface area contributed by atoms with E-state index in [-0.39, 0.29) is 24.4 Å². The van der Waals surface area contributed by atoms with Crippen molar-refractivity contribution in [3.63, 3.8) is 0 Å². The molecule has 2 heterocycles. The van der Waals surface area contributed by atoms with Gasteiger partial charge in [0.25, 0.3) is 5.91 Å². The van der Waals surface area contributed by atoms with E-state index in [0.29, 0.717) is 43.8 Å². The van der Waals surface area contributed by atoms with E-state index in [4.69, 9.17) is 4.74 Å². The number of sulfonamides is 1. The summed E-state index contributed by atoms with van der Waals surface area (Å²) in [4.78, 5) is 14.6. The number of amides is 1. The second kappa shape index (κ2) is 9.73. The lowest BCUT2D eigenvalue weighted by Crippen LogP contribution is -2.41. The van der Waals surface area contributed by atoms with E-state index in [2.05, 4.69) is 5.32 Å². The van der Waals surface area contributed by atoms with Gasteiger partial charge in [0.15, 0.2) is 0 Å². The Balaban J connectivity index is 0.00000261. The van der Waals surface area contributed by atoms with Gasteiger partial charge in [-0.2, -0.15) is 0 Å². The highest BCUT2D eigenvalue weighted by Gasteiger charge is 2.26. The van der Waals surface area contributed by atoms with Gasteiger partial charge in [-0.15, -0.1) is 12.4 Å². The molecule has 2 saturated heterocycles. The number of piperidine rings is 1. The lowest BCUT2D eigenvalue weighted by molar-refractivity contribution is 0.0764. The molecule has 0 unspecified atom stereocenters. The zero-order valence-corrected chi connectivity index (χ0v) is 17.2. The van der Waals surface area contributed by atoms with Crippen LogP contribution in [0.25, 0.3) is 0 Å². The molecular formula is C18H28ClN3O4S. The fourth-order valence-electron chi connectivity index (χ4n) is 3.41. The van der Waals surface area contributed by atoms with Gasteiger partial charge in [0.05, 0.1) is 6.26 Å². The molecule has 0 spiro atoms. The SMILES string of the molecule is CS(=O)(=O)N1CCC(Oc2cccc(C(=O)N3CCCNCC3)c2)CC1.Cl. The fraction of sp³-hybridized carbons (Fsp3) is 0.611. The van der Waals surface area contributed by atoms with Crippen LogP contribution < -0.4 is 10.1 Å². The normalized spacial score (nSPS) is 19.8. The van der Waals surface area contributed by atoms with E-state index in [1.807, 2.05) is 23.1 Å². The van der Waals surface area contributed by atoms with Gasteiger partial charge in [0, 0.05) is 38.3 Å². The molecule has 2 aliphatic heterocycles. The molecule has 0 radical (unpaired) electrons. The average molecular weight is 418 g/mol. The van der Waals surface area contributed by atoms with Gasteiger partial charge in [-0.1, -0.05) is 6.07 Å². The minimum Gasteiger partial charge on any atom is -0.490 e. The van der Waals surface area contributed by atoms with Crippen LogP contribution in [0, 0.1) is 0 Å². The minimum atomic E-state index is -3.13. The van der Waals surface area contributed by atoms with E-state index < -0.39 is 10.0 Å². The molecular weight excluding hydrogens is 390 g/mol. The summed E-state index contributed by atoms with van der Waals surface area (Å²) in [7, 11) is -3.13. The van der Waals surface area contributed by atoms with Crippen molar-refractivity contribution < 1.29 is 17.9 Å². The standard InChI is InChI=1S/C18H27N3O4S.ClH/c1-26(23,24)21-11-6-16(7-12-21)25-17-5-2-4-15(14-17)18(22)20-10-3-8-19-9-13-20;/h2,4-5,14,16,19H,3,6-13H2,1H3;1H. The highest BCUT2D eigenvalue weighted by Crippen LogP contribution is 2.22. The topological polar surface area (TPSA) is 79.0 Å². The van der Waals surface area contributed by atoms with Crippen molar-refractivity contribution in [2.45, 2.75) is 25.4 Å². The molecule has 7 nitrogen and oxygen atoms in total. The summed E-state index contributed by atoms with van der Waals surface area (Å²) in [5, 5.41) is 3.30.